The standard InChI is InChI=1S/C18H18ClNO5S/c1-3-26(23,24)16-7-5-4-6-14(16)18(22)25-11-17(21)20-15-10-13(19)9-8-12(15)2/h4-10H,3,11H2,1-2H3,(H,20,21). The number of carbonyl (C=O) groups excluding carboxylic acids is 2. The molecule has 0 aliphatic rings. The molecule has 1 N–H and O–H groups in total. The lowest BCUT2D eigenvalue weighted by Crippen LogP contribution is -2.22. The third-order valence-corrected chi connectivity index (χ3v) is 5.65. The number of sulfone groups is 1. The van der Waals surface area contributed by atoms with Gasteiger partial charge in [0.1, 0.15) is 0 Å². The van der Waals surface area contributed by atoms with Crippen molar-refractivity contribution in [2.75, 3.05) is 17.7 Å². The molecule has 2 aromatic carbocycles. The maximum Gasteiger partial charge on any atom is 0.339 e. The van der Waals surface area contributed by atoms with Gasteiger partial charge in [-0.2, -0.15) is 0 Å². The van der Waals surface area contributed by atoms with Crippen molar-refractivity contribution in [3.8, 4) is 0 Å². The van der Waals surface area contributed by atoms with Crippen LogP contribution in [0.15, 0.2) is 47.4 Å². The second kappa shape index (κ2) is 8.33. The van der Waals surface area contributed by atoms with Crippen molar-refractivity contribution in [2.45, 2.75) is 18.7 Å². The molecule has 0 atom stereocenters. The lowest BCUT2D eigenvalue weighted by Gasteiger charge is -2.11. The predicted octanol–water partition coefficient (Wildman–Crippen LogP) is 3.24. The molecule has 26 heavy (non-hydrogen) atoms. The molecule has 138 valence electrons. The van der Waals surface area contributed by atoms with Gasteiger partial charge in [-0.1, -0.05) is 36.7 Å². The Morgan fingerprint density at radius 3 is 2.54 bits per heavy atom. The Balaban J connectivity index is 2.08. The highest BCUT2D eigenvalue weighted by atomic mass is 35.5. The van der Waals surface area contributed by atoms with E-state index >= 15 is 0 Å². The lowest BCUT2D eigenvalue weighted by molar-refractivity contribution is -0.119. The van der Waals surface area contributed by atoms with Crippen LogP contribution in [0.3, 0.4) is 0 Å². The minimum Gasteiger partial charge on any atom is -0.452 e. The zero-order valence-corrected chi connectivity index (χ0v) is 15.9. The molecule has 0 aromatic heterocycles. The first-order valence-electron chi connectivity index (χ1n) is 7.79. The fourth-order valence-electron chi connectivity index (χ4n) is 2.19. The van der Waals surface area contributed by atoms with Crippen LogP contribution in [-0.4, -0.2) is 32.7 Å². The van der Waals surface area contributed by atoms with Gasteiger partial charge < -0.3 is 10.1 Å². The summed E-state index contributed by atoms with van der Waals surface area (Å²) in [6.45, 7) is 2.73. The molecule has 0 bridgehead atoms. The van der Waals surface area contributed by atoms with E-state index in [4.69, 9.17) is 16.3 Å². The highest BCUT2D eigenvalue weighted by Gasteiger charge is 2.22. The van der Waals surface area contributed by atoms with E-state index in [2.05, 4.69) is 5.32 Å². The van der Waals surface area contributed by atoms with Gasteiger partial charge in [-0.15, -0.1) is 0 Å². The Hall–Kier alpha value is -2.38. The molecule has 0 aliphatic heterocycles. The number of hydrogen-bond donors (Lipinski definition) is 1. The molecule has 0 heterocycles. The summed E-state index contributed by atoms with van der Waals surface area (Å²) >= 11 is 5.89. The minimum atomic E-state index is -3.59. The number of nitrogens with one attached hydrogen (secondary N) is 1. The van der Waals surface area contributed by atoms with E-state index in [1.54, 1.807) is 25.1 Å². The van der Waals surface area contributed by atoms with E-state index in [1.165, 1.54) is 31.2 Å². The molecule has 0 spiro atoms. The number of halogens is 1. The van der Waals surface area contributed by atoms with E-state index in [-0.39, 0.29) is 16.2 Å². The van der Waals surface area contributed by atoms with Crippen molar-refractivity contribution in [3.05, 3.63) is 58.6 Å². The summed E-state index contributed by atoms with van der Waals surface area (Å²) in [6.07, 6.45) is 0. The van der Waals surface area contributed by atoms with Crippen molar-refractivity contribution in [1.82, 2.24) is 0 Å². The predicted molar refractivity (Wildman–Crippen MR) is 99.3 cm³/mol. The van der Waals surface area contributed by atoms with Crippen molar-refractivity contribution in [2.24, 2.45) is 0 Å². The number of amides is 1. The summed E-state index contributed by atoms with van der Waals surface area (Å²) in [5.74, 6) is -1.58. The maximum atomic E-state index is 12.2. The third-order valence-electron chi connectivity index (χ3n) is 3.63. The SMILES string of the molecule is CCS(=O)(=O)c1ccccc1C(=O)OCC(=O)Nc1cc(Cl)ccc1C. The fourth-order valence-corrected chi connectivity index (χ4v) is 3.44. The van der Waals surface area contributed by atoms with Crippen molar-refractivity contribution >= 4 is 39.0 Å². The van der Waals surface area contributed by atoms with Gasteiger partial charge in [0.2, 0.25) is 0 Å². The molecular weight excluding hydrogens is 378 g/mol. The summed E-state index contributed by atoms with van der Waals surface area (Å²) in [7, 11) is -3.59. The first-order chi connectivity index (χ1) is 12.2. The van der Waals surface area contributed by atoms with Gasteiger partial charge in [-0.25, -0.2) is 13.2 Å². The van der Waals surface area contributed by atoms with Gasteiger partial charge in [0.25, 0.3) is 5.91 Å². The average molecular weight is 396 g/mol. The molecule has 0 aliphatic carbocycles. The van der Waals surface area contributed by atoms with Gasteiger partial charge in [0.15, 0.2) is 16.4 Å². The number of hydrogen-bond acceptors (Lipinski definition) is 5. The topological polar surface area (TPSA) is 89.5 Å². The largest absolute Gasteiger partial charge is 0.452 e. The minimum absolute atomic E-state index is 0.0962. The van der Waals surface area contributed by atoms with E-state index < -0.39 is 28.3 Å². The summed E-state index contributed by atoms with van der Waals surface area (Å²) in [5.41, 5.74) is 1.21. The molecule has 6 nitrogen and oxygen atoms in total. The average Bonchev–Trinajstić information content (AvgIpc) is 2.62. The number of esters is 1. The van der Waals surface area contributed by atoms with Crippen molar-refractivity contribution in [3.63, 3.8) is 0 Å². The van der Waals surface area contributed by atoms with Crippen LogP contribution in [0.1, 0.15) is 22.8 Å². The zero-order chi connectivity index (χ0) is 19.3. The molecule has 0 saturated carbocycles. The van der Waals surface area contributed by atoms with Crippen molar-refractivity contribution in [1.29, 1.82) is 0 Å². The number of rotatable bonds is 6. The van der Waals surface area contributed by atoms with Gasteiger partial charge in [-0.05, 0) is 36.8 Å². The highest BCUT2D eigenvalue weighted by molar-refractivity contribution is 7.91. The van der Waals surface area contributed by atoms with Crippen LogP contribution in [0.4, 0.5) is 5.69 Å². The summed E-state index contributed by atoms with van der Waals surface area (Å²) in [5, 5.41) is 3.05. The molecule has 0 unspecified atom stereocenters. The Labute approximate surface area is 157 Å². The van der Waals surface area contributed by atoms with Crippen LogP contribution in [0.25, 0.3) is 0 Å². The summed E-state index contributed by atoms with van der Waals surface area (Å²) in [4.78, 5) is 24.1. The number of ether oxygens (including phenoxy) is 1. The quantitative estimate of drug-likeness (QED) is 0.758. The van der Waals surface area contributed by atoms with Crippen LogP contribution in [0.2, 0.25) is 5.02 Å². The second-order valence-corrected chi connectivity index (χ2v) is 8.17. The fraction of sp³-hybridized carbons (Fsp3) is 0.222. The van der Waals surface area contributed by atoms with Crippen molar-refractivity contribution < 1.29 is 22.7 Å². The normalized spacial score (nSPS) is 11.0. The van der Waals surface area contributed by atoms with Crippen LogP contribution in [0, 0.1) is 6.92 Å². The van der Waals surface area contributed by atoms with Gasteiger partial charge in [-0.3, -0.25) is 4.79 Å². The Morgan fingerprint density at radius 2 is 1.85 bits per heavy atom. The molecular formula is C18H18ClNO5S. The van der Waals surface area contributed by atoms with E-state index in [0.29, 0.717) is 10.7 Å². The summed E-state index contributed by atoms with van der Waals surface area (Å²) in [6, 6.07) is 10.8. The molecule has 0 radical (unpaired) electrons. The smallest absolute Gasteiger partial charge is 0.339 e. The second-order valence-electron chi connectivity index (χ2n) is 5.48. The Bertz CT molecular complexity index is 940. The molecule has 0 saturated heterocycles. The van der Waals surface area contributed by atoms with Gasteiger partial charge >= 0.3 is 5.97 Å². The Kier molecular flexibility index (Phi) is 6.39. The molecule has 2 aromatic rings. The van der Waals surface area contributed by atoms with Gasteiger partial charge in [0, 0.05) is 10.7 Å². The number of anilines is 1. The molecule has 1 amide bonds. The zero-order valence-electron chi connectivity index (χ0n) is 14.3. The van der Waals surface area contributed by atoms with Gasteiger partial charge in [0.05, 0.1) is 16.2 Å². The van der Waals surface area contributed by atoms with E-state index in [0.717, 1.165) is 5.56 Å². The lowest BCUT2D eigenvalue weighted by atomic mass is 10.2. The molecule has 8 heteroatoms. The third kappa shape index (κ3) is 4.83. The first-order valence-corrected chi connectivity index (χ1v) is 9.82. The van der Waals surface area contributed by atoms with E-state index in [1.807, 2.05) is 0 Å². The number of carbonyl (C=O) groups is 2. The monoisotopic (exact) mass is 395 g/mol. The number of aryl methyl sites for hydroxylation is 1. The first kappa shape index (κ1) is 19.9. The maximum absolute atomic E-state index is 12.2. The van der Waals surface area contributed by atoms with E-state index in [9.17, 15) is 18.0 Å². The van der Waals surface area contributed by atoms with Crippen LogP contribution < -0.4 is 5.32 Å². The number of benzene rings is 2. The Morgan fingerprint density at radius 1 is 1.15 bits per heavy atom. The highest BCUT2D eigenvalue weighted by Crippen LogP contribution is 2.20. The molecule has 2 rings (SSSR count). The van der Waals surface area contributed by atoms with Crippen LogP contribution in [0.5, 0.6) is 0 Å². The summed E-state index contributed by atoms with van der Waals surface area (Å²) < 4.78 is 29.1. The van der Waals surface area contributed by atoms with Crippen LogP contribution in [-0.2, 0) is 19.4 Å². The molecule has 0 fully saturated rings. The van der Waals surface area contributed by atoms with Crippen LogP contribution >= 0.6 is 11.6 Å².